The number of rotatable bonds is 15. The van der Waals surface area contributed by atoms with Crippen LogP contribution < -0.4 is 29.6 Å². The average Bonchev–Trinajstić information content (AvgIpc) is 2.43. The maximum absolute atomic E-state index is 11.3. The molecule has 0 aromatic heterocycles. The maximum atomic E-state index is 11.3. The molecule has 0 radical (unpaired) electrons. The summed E-state index contributed by atoms with van der Waals surface area (Å²) in [7, 11) is -4.29. The molecular formula is C16H31NaO5S. The molecule has 7 heteroatoms. The number of carbonyl (C=O) groups excluding carboxylic acids is 1. The normalized spacial score (nSPS) is 11.0. The Bertz CT molecular complexity index is 371. The van der Waals surface area contributed by atoms with E-state index >= 15 is 0 Å². The second-order valence-electron chi connectivity index (χ2n) is 5.77. The van der Waals surface area contributed by atoms with Crippen molar-refractivity contribution in [2.45, 2.75) is 84.0 Å². The van der Waals surface area contributed by atoms with E-state index < -0.39 is 21.8 Å². The van der Waals surface area contributed by atoms with Crippen LogP contribution >= 0.6 is 0 Å². The Morgan fingerprint density at radius 1 is 0.870 bits per heavy atom. The van der Waals surface area contributed by atoms with E-state index in [2.05, 4.69) is 6.92 Å². The van der Waals surface area contributed by atoms with Gasteiger partial charge in [-0.25, -0.2) is 8.42 Å². The molecule has 0 fully saturated rings. The minimum atomic E-state index is -4.29. The fourth-order valence-corrected chi connectivity index (χ4v) is 2.55. The average molecular weight is 358 g/mol. The van der Waals surface area contributed by atoms with E-state index in [-0.39, 0.29) is 36.2 Å². The molecule has 0 spiro atoms. The van der Waals surface area contributed by atoms with Gasteiger partial charge in [-0.3, -0.25) is 4.79 Å². The second kappa shape index (κ2) is 17.2. The molecule has 0 amide bonds. The molecule has 132 valence electrons. The van der Waals surface area contributed by atoms with Crippen molar-refractivity contribution < 1.29 is 52.1 Å². The van der Waals surface area contributed by atoms with E-state index in [0.717, 1.165) is 19.3 Å². The largest absolute Gasteiger partial charge is 1.00 e. The summed E-state index contributed by atoms with van der Waals surface area (Å²) in [5.74, 6) is -1.06. The van der Waals surface area contributed by atoms with Crippen molar-refractivity contribution in [2.24, 2.45) is 0 Å². The van der Waals surface area contributed by atoms with Gasteiger partial charge in [-0.05, 0) is 6.42 Å². The van der Waals surface area contributed by atoms with E-state index in [1.807, 2.05) is 0 Å². The standard InChI is InChI=1S/C16H32O5S.Na/c1-2-3-4-5-6-7-8-9-10-11-12-13-16(17)21-14-15-22(18,19)20;/h2-15H2,1H3,(H,18,19,20);/q;+1/p-1. The quantitative estimate of drug-likeness (QED) is 0.187. The number of hydrogen-bond acceptors (Lipinski definition) is 5. The van der Waals surface area contributed by atoms with Gasteiger partial charge in [0.25, 0.3) is 0 Å². The molecule has 0 aromatic carbocycles. The number of unbranched alkanes of at least 4 members (excludes halogenated alkanes) is 10. The molecule has 0 aliphatic rings. The molecule has 0 N–H and O–H groups in total. The first-order valence-corrected chi connectivity index (χ1v) is 10.1. The van der Waals surface area contributed by atoms with Crippen LogP contribution in [-0.4, -0.2) is 31.3 Å². The Kier molecular flexibility index (Phi) is 19.2. The Balaban J connectivity index is 0. The minimum Gasteiger partial charge on any atom is -0.748 e. The van der Waals surface area contributed by atoms with Crippen LogP contribution in [0.15, 0.2) is 0 Å². The molecule has 0 aromatic rings. The molecule has 0 saturated carbocycles. The number of carbonyl (C=O) groups is 1. The molecule has 0 aliphatic carbocycles. The summed E-state index contributed by atoms with van der Waals surface area (Å²) < 4.78 is 35.7. The van der Waals surface area contributed by atoms with Crippen LogP contribution in [0.3, 0.4) is 0 Å². The molecular weight excluding hydrogens is 327 g/mol. The van der Waals surface area contributed by atoms with E-state index in [1.165, 1.54) is 51.4 Å². The van der Waals surface area contributed by atoms with Crippen LogP contribution in [-0.2, 0) is 19.6 Å². The number of ether oxygens (including phenoxy) is 1. The van der Waals surface area contributed by atoms with Gasteiger partial charge in [0.1, 0.15) is 6.61 Å². The van der Waals surface area contributed by atoms with Gasteiger partial charge in [-0.15, -0.1) is 0 Å². The summed E-state index contributed by atoms with van der Waals surface area (Å²) in [6, 6.07) is 0. The summed E-state index contributed by atoms with van der Waals surface area (Å²) in [5.41, 5.74) is 0. The van der Waals surface area contributed by atoms with Crippen molar-refractivity contribution in [1.82, 2.24) is 0 Å². The molecule has 0 rings (SSSR count). The molecule has 0 heterocycles. The van der Waals surface area contributed by atoms with Crippen molar-refractivity contribution in [3.05, 3.63) is 0 Å². The van der Waals surface area contributed by atoms with E-state index in [9.17, 15) is 17.8 Å². The molecule has 0 unspecified atom stereocenters. The van der Waals surface area contributed by atoms with Gasteiger partial charge in [0.2, 0.25) is 0 Å². The van der Waals surface area contributed by atoms with Crippen LogP contribution in [0.4, 0.5) is 0 Å². The van der Waals surface area contributed by atoms with Gasteiger partial charge in [0, 0.05) is 6.42 Å². The zero-order valence-corrected chi connectivity index (χ0v) is 17.7. The van der Waals surface area contributed by atoms with Crippen molar-refractivity contribution in [3.63, 3.8) is 0 Å². The first kappa shape index (κ1) is 25.6. The topological polar surface area (TPSA) is 83.5 Å². The number of esters is 1. The molecule has 0 saturated heterocycles. The third-order valence-electron chi connectivity index (χ3n) is 3.58. The van der Waals surface area contributed by atoms with Crippen LogP contribution in [0, 0.1) is 0 Å². The SMILES string of the molecule is CCCCCCCCCCCCCC(=O)OCCS(=O)(=O)[O-].[Na+]. The minimum absolute atomic E-state index is 0. The first-order chi connectivity index (χ1) is 10.5. The summed E-state index contributed by atoms with van der Waals surface area (Å²) in [6.07, 6.45) is 13.6. The van der Waals surface area contributed by atoms with Crippen LogP contribution in [0.2, 0.25) is 0 Å². The fourth-order valence-electron chi connectivity index (χ4n) is 2.26. The molecule has 0 aliphatic heterocycles. The van der Waals surface area contributed by atoms with E-state index in [0.29, 0.717) is 6.42 Å². The zero-order chi connectivity index (χ0) is 16.7. The summed E-state index contributed by atoms with van der Waals surface area (Å²) in [6.45, 7) is 1.89. The van der Waals surface area contributed by atoms with Gasteiger partial charge in [-0.2, -0.15) is 0 Å². The van der Waals surface area contributed by atoms with Gasteiger partial charge < -0.3 is 9.29 Å². The Labute approximate surface area is 164 Å². The summed E-state index contributed by atoms with van der Waals surface area (Å²) in [5, 5.41) is 0. The van der Waals surface area contributed by atoms with Crippen LogP contribution in [0.25, 0.3) is 0 Å². The monoisotopic (exact) mass is 358 g/mol. The van der Waals surface area contributed by atoms with Gasteiger partial charge in [0.05, 0.1) is 15.9 Å². The van der Waals surface area contributed by atoms with Gasteiger partial charge >= 0.3 is 35.5 Å². The second-order valence-corrected chi connectivity index (χ2v) is 7.29. The van der Waals surface area contributed by atoms with E-state index in [1.54, 1.807) is 0 Å². The number of hydrogen-bond donors (Lipinski definition) is 0. The zero-order valence-electron chi connectivity index (χ0n) is 14.8. The van der Waals surface area contributed by atoms with Gasteiger partial charge in [-0.1, -0.05) is 71.1 Å². The molecule has 0 bridgehead atoms. The third-order valence-corrected chi connectivity index (χ3v) is 4.25. The Morgan fingerprint density at radius 2 is 1.30 bits per heavy atom. The van der Waals surface area contributed by atoms with Crippen molar-refractivity contribution in [2.75, 3.05) is 12.4 Å². The van der Waals surface area contributed by atoms with Crippen molar-refractivity contribution >= 4 is 16.1 Å². The smallest absolute Gasteiger partial charge is 0.748 e. The summed E-state index contributed by atoms with van der Waals surface area (Å²) in [4.78, 5) is 11.3. The third kappa shape index (κ3) is 22.4. The van der Waals surface area contributed by atoms with Crippen molar-refractivity contribution in [1.29, 1.82) is 0 Å². The first-order valence-electron chi connectivity index (χ1n) is 8.55. The summed E-state index contributed by atoms with van der Waals surface area (Å²) >= 11 is 0. The Morgan fingerprint density at radius 3 is 1.74 bits per heavy atom. The Hall–Kier alpha value is 0.380. The molecule has 23 heavy (non-hydrogen) atoms. The molecule has 5 nitrogen and oxygen atoms in total. The van der Waals surface area contributed by atoms with Crippen LogP contribution in [0.1, 0.15) is 84.0 Å². The predicted octanol–water partition coefficient (Wildman–Crippen LogP) is 0.780. The maximum Gasteiger partial charge on any atom is 1.00 e. The van der Waals surface area contributed by atoms with Gasteiger partial charge in [0.15, 0.2) is 0 Å². The van der Waals surface area contributed by atoms with Crippen molar-refractivity contribution in [3.8, 4) is 0 Å². The fraction of sp³-hybridized carbons (Fsp3) is 0.938. The van der Waals surface area contributed by atoms with Crippen LogP contribution in [0.5, 0.6) is 0 Å². The van der Waals surface area contributed by atoms with E-state index in [4.69, 9.17) is 4.74 Å². The molecule has 0 atom stereocenters. The predicted molar refractivity (Wildman–Crippen MR) is 86.6 cm³/mol.